The molecule has 1 fully saturated rings. The van der Waals surface area contributed by atoms with Crippen molar-refractivity contribution in [3.63, 3.8) is 0 Å². The fourth-order valence-electron chi connectivity index (χ4n) is 2.31. The summed E-state index contributed by atoms with van der Waals surface area (Å²) in [5.74, 6) is -0.475. The van der Waals surface area contributed by atoms with Crippen molar-refractivity contribution < 1.29 is 14.7 Å². The molecule has 0 radical (unpaired) electrons. The van der Waals surface area contributed by atoms with Crippen LogP contribution in [0.2, 0.25) is 0 Å². The van der Waals surface area contributed by atoms with Crippen LogP contribution in [0, 0.1) is 5.92 Å². The molecule has 0 saturated carbocycles. The standard InChI is InChI=1S/C13H12BrN3O3S/c14-8-1-2-9-10(5-8)21-12(15-9)16-11(18)7-3-4-17(6-7)13(19)20/h1-2,5,7H,3-4,6H2,(H,19,20)(H,15,16,18)/t7-/m0/s1. The molecule has 6 nitrogen and oxygen atoms in total. The fraction of sp³-hybridized carbons (Fsp3) is 0.308. The first kappa shape index (κ1) is 14.3. The van der Waals surface area contributed by atoms with Gasteiger partial charge < -0.3 is 15.3 Å². The number of carbonyl (C=O) groups excluding carboxylic acids is 1. The van der Waals surface area contributed by atoms with Crippen molar-refractivity contribution in [3.05, 3.63) is 22.7 Å². The Bertz CT molecular complexity index is 718. The average Bonchev–Trinajstić information content (AvgIpc) is 3.03. The summed E-state index contributed by atoms with van der Waals surface area (Å²) in [6.45, 7) is 0.651. The molecular weight excluding hydrogens is 358 g/mol. The van der Waals surface area contributed by atoms with Gasteiger partial charge in [0.1, 0.15) is 0 Å². The molecule has 110 valence electrons. The lowest BCUT2D eigenvalue weighted by Gasteiger charge is -2.11. The van der Waals surface area contributed by atoms with Crippen LogP contribution in [0.15, 0.2) is 22.7 Å². The van der Waals surface area contributed by atoms with Gasteiger partial charge in [0.2, 0.25) is 5.91 Å². The van der Waals surface area contributed by atoms with Crippen molar-refractivity contribution in [1.29, 1.82) is 0 Å². The number of hydrogen-bond donors (Lipinski definition) is 2. The Morgan fingerprint density at radius 3 is 3.00 bits per heavy atom. The SMILES string of the molecule is O=C(Nc1nc2ccc(Br)cc2s1)[C@H]1CCN(C(=O)O)C1. The maximum Gasteiger partial charge on any atom is 0.407 e. The summed E-state index contributed by atoms with van der Waals surface area (Å²) in [4.78, 5) is 28.6. The summed E-state index contributed by atoms with van der Waals surface area (Å²) < 4.78 is 1.95. The summed E-state index contributed by atoms with van der Waals surface area (Å²) in [5, 5.41) is 12.2. The summed E-state index contributed by atoms with van der Waals surface area (Å²) >= 11 is 4.80. The maximum absolute atomic E-state index is 12.2. The van der Waals surface area contributed by atoms with Crippen molar-refractivity contribution in [1.82, 2.24) is 9.88 Å². The number of rotatable bonds is 2. The van der Waals surface area contributed by atoms with E-state index in [1.54, 1.807) is 0 Å². The molecule has 1 atom stereocenters. The van der Waals surface area contributed by atoms with Crippen LogP contribution in [0.5, 0.6) is 0 Å². The Labute approximate surface area is 132 Å². The summed E-state index contributed by atoms with van der Waals surface area (Å²) in [7, 11) is 0. The molecule has 1 aromatic carbocycles. The minimum atomic E-state index is -0.977. The Morgan fingerprint density at radius 1 is 1.48 bits per heavy atom. The monoisotopic (exact) mass is 369 g/mol. The lowest BCUT2D eigenvalue weighted by Crippen LogP contribution is -2.30. The Morgan fingerprint density at radius 2 is 2.29 bits per heavy atom. The second kappa shape index (κ2) is 5.61. The average molecular weight is 370 g/mol. The molecule has 1 aliphatic rings. The molecule has 2 aromatic rings. The topological polar surface area (TPSA) is 82.5 Å². The van der Waals surface area contributed by atoms with Crippen molar-refractivity contribution in [3.8, 4) is 0 Å². The number of likely N-dealkylation sites (tertiary alicyclic amines) is 1. The molecule has 2 heterocycles. The predicted octanol–water partition coefficient (Wildman–Crippen LogP) is 3.00. The first-order chi connectivity index (χ1) is 10.0. The van der Waals surface area contributed by atoms with Gasteiger partial charge in [-0.1, -0.05) is 27.3 Å². The number of nitrogens with zero attached hydrogens (tertiary/aromatic N) is 2. The molecule has 1 aromatic heterocycles. The van der Waals surface area contributed by atoms with E-state index in [1.165, 1.54) is 16.2 Å². The van der Waals surface area contributed by atoms with E-state index in [-0.39, 0.29) is 18.4 Å². The smallest absolute Gasteiger partial charge is 0.407 e. The molecule has 2 amide bonds. The van der Waals surface area contributed by atoms with Crippen LogP contribution >= 0.6 is 27.3 Å². The first-order valence-electron chi connectivity index (χ1n) is 6.38. The van der Waals surface area contributed by atoms with Gasteiger partial charge in [-0.2, -0.15) is 0 Å². The molecule has 1 aliphatic heterocycles. The van der Waals surface area contributed by atoms with Gasteiger partial charge in [0, 0.05) is 17.6 Å². The van der Waals surface area contributed by atoms with Crippen LogP contribution in [0.4, 0.5) is 9.93 Å². The molecule has 3 rings (SSSR count). The Hall–Kier alpha value is -1.67. The van der Waals surface area contributed by atoms with E-state index in [2.05, 4.69) is 26.2 Å². The third-order valence-corrected chi connectivity index (χ3v) is 4.84. The lowest BCUT2D eigenvalue weighted by atomic mass is 10.1. The van der Waals surface area contributed by atoms with Gasteiger partial charge in [-0.15, -0.1) is 0 Å². The highest BCUT2D eigenvalue weighted by Crippen LogP contribution is 2.29. The van der Waals surface area contributed by atoms with E-state index in [1.807, 2.05) is 18.2 Å². The third-order valence-electron chi connectivity index (χ3n) is 3.41. The highest BCUT2D eigenvalue weighted by Gasteiger charge is 2.31. The first-order valence-corrected chi connectivity index (χ1v) is 7.99. The Kier molecular flexibility index (Phi) is 3.81. The number of anilines is 1. The maximum atomic E-state index is 12.2. The molecular formula is C13H12BrN3O3S. The third kappa shape index (κ3) is 3.01. The zero-order valence-electron chi connectivity index (χ0n) is 10.9. The van der Waals surface area contributed by atoms with Crippen molar-refractivity contribution in [2.24, 2.45) is 5.92 Å². The largest absolute Gasteiger partial charge is 0.465 e. The summed E-state index contributed by atoms with van der Waals surface area (Å²) in [6, 6.07) is 5.73. The minimum absolute atomic E-state index is 0.170. The van der Waals surface area contributed by atoms with Crippen LogP contribution < -0.4 is 5.32 Å². The van der Waals surface area contributed by atoms with Gasteiger partial charge in [0.15, 0.2) is 5.13 Å². The van der Waals surface area contributed by atoms with E-state index in [4.69, 9.17) is 5.11 Å². The van der Waals surface area contributed by atoms with Crippen molar-refractivity contribution in [2.45, 2.75) is 6.42 Å². The number of carboxylic acid groups (broad SMARTS) is 1. The fourth-order valence-corrected chi connectivity index (χ4v) is 3.73. The van der Waals surface area contributed by atoms with Crippen LogP contribution in [0.25, 0.3) is 10.2 Å². The molecule has 2 N–H and O–H groups in total. The van der Waals surface area contributed by atoms with E-state index in [9.17, 15) is 9.59 Å². The second-order valence-electron chi connectivity index (χ2n) is 4.83. The molecule has 1 saturated heterocycles. The van der Waals surface area contributed by atoms with Gasteiger partial charge in [0.25, 0.3) is 0 Å². The highest BCUT2D eigenvalue weighted by atomic mass is 79.9. The zero-order valence-corrected chi connectivity index (χ0v) is 13.3. The number of thiazole rings is 1. The molecule has 21 heavy (non-hydrogen) atoms. The quantitative estimate of drug-likeness (QED) is 0.852. The lowest BCUT2D eigenvalue weighted by molar-refractivity contribution is -0.119. The molecule has 0 spiro atoms. The predicted molar refractivity (Wildman–Crippen MR) is 83.7 cm³/mol. The number of aromatic nitrogens is 1. The van der Waals surface area contributed by atoms with Crippen LogP contribution in [0.3, 0.4) is 0 Å². The van der Waals surface area contributed by atoms with Gasteiger partial charge in [-0.25, -0.2) is 9.78 Å². The van der Waals surface area contributed by atoms with E-state index < -0.39 is 6.09 Å². The number of fused-ring (bicyclic) bond motifs is 1. The second-order valence-corrected chi connectivity index (χ2v) is 6.78. The van der Waals surface area contributed by atoms with E-state index in [0.717, 1.165) is 14.7 Å². The van der Waals surface area contributed by atoms with E-state index >= 15 is 0 Å². The minimum Gasteiger partial charge on any atom is -0.465 e. The van der Waals surface area contributed by atoms with Crippen molar-refractivity contribution >= 4 is 54.6 Å². The summed E-state index contributed by atoms with van der Waals surface area (Å²) in [5.41, 5.74) is 0.831. The van der Waals surface area contributed by atoms with Crippen molar-refractivity contribution in [2.75, 3.05) is 18.4 Å². The van der Waals surface area contributed by atoms with Crippen LogP contribution in [-0.4, -0.2) is 40.1 Å². The molecule has 0 aliphatic carbocycles. The van der Waals surface area contributed by atoms with Gasteiger partial charge in [0.05, 0.1) is 16.1 Å². The van der Waals surface area contributed by atoms with Gasteiger partial charge in [-0.3, -0.25) is 4.79 Å². The number of amides is 2. The number of halogens is 1. The van der Waals surface area contributed by atoms with Gasteiger partial charge >= 0.3 is 6.09 Å². The molecule has 8 heteroatoms. The normalized spacial score (nSPS) is 18.1. The number of nitrogens with one attached hydrogen (secondary N) is 1. The Balaban J connectivity index is 1.70. The van der Waals surface area contributed by atoms with Crippen LogP contribution in [-0.2, 0) is 4.79 Å². The van der Waals surface area contributed by atoms with Gasteiger partial charge in [-0.05, 0) is 24.6 Å². The number of hydrogen-bond acceptors (Lipinski definition) is 4. The number of carbonyl (C=O) groups is 2. The zero-order chi connectivity index (χ0) is 15.0. The molecule has 0 unspecified atom stereocenters. The number of benzene rings is 1. The van der Waals surface area contributed by atoms with E-state index in [0.29, 0.717) is 18.1 Å². The highest BCUT2D eigenvalue weighted by molar-refractivity contribution is 9.10. The van der Waals surface area contributed by atoms with Crippen LogP contribution in [0.1, 0.15) is 6.42 Å². The summed E-state index contributed by atoms with van der Waals surface area (Å²) in [6.07, 6.45) is -0.427. The molecule has 0 bridgehead atoms.